The molecule has 2 amide bonds. The fourth-order valence-electron chi connectivity index (χ4n) is 2.04. The zero-order valence-electron chi connectivity index (χ0n) is 11.9. The van der Waals surface area contributed by atoms with Gasteiger partial charge in [-0.25, -0.2) is 14.2 Å². The summed E-state index contributed by atoms with van der Waals surface area (Å²) in [7, 11) is 0. The van der Waals surface area contributed by atoms with Crippen LogP contribution in [0.15, 0.2) is 43.0 Å². The topological polar surface area (TPSA) is 59.0 Å². The van der Waals surface area contributed by atoms with E-state index in [-0.39, 0.29) is 17.9 Å². The van der Waals surface area contributed by atoms with Crippen LogP contribution in [0, 0.1) is 5.82 Å². The third kappa shape index (κ3) is 5.25. The number of benzene rings is 1. The third-order valence-electron chi connectivity index (χ3n) is 3.01. The molecule has 2 rings (SSSR count). The molecule has 0 saturated carbocycles. The van der Waals surface area contributed by atoms with Gasteiger partial charge in [0, 0.05) is 31.5 Å². The van der Waals surface area contributed by atoms with E-state index in [0.717, 1.165) is 5.56 Å². The first kappa shape index (κ1) is 15.0. The number of amides is 2. The van der Waals surface area contributed by atoms with Gasteiger partial charge in [-0.3, -0.25) is 0 Å². The van der Waals surface area contributed by atoms with Gasteiger partial charge < -0.3 is 15.2 Å². The van der Waals surface area contributed by atoms with Crippen molar-refractivity contribution in [3.05, 3.63) is 54.4 Å². The van der Waals surface area contributed by atoms with Gasteiger partial charge >= 0.3 is 6.03 Å². The zero-order chi connectivity index (χ0) is 15.1. The number of nitrogens with one attached hydrogen (secondary N) is 2. The highest BCUT2D eigenvalue weighted by atomic mass is 19.1. The number of nitrogens with zero attached hydrogens (tertiary/aromatic N) is 2. The number of rotatable bonds is 6. The first-order chi connectivity index (χ1) is 10.1. The number of carbonyl (C=O) groups excluding carboxylic acids is 1. The summed E-state index contributed by atoms with van der Waals surface area (Å²) in [5.74, 6) is -0.258. The second kappa shape index (κ2) is 7.42. The molecule has 0 bridgehead atoms. The van der Waals surface area contributed by atoms with Crippen molar-refractivity contribution in [1.82, 2.24) is 20.2 Å². The Hall–Kier alpha value is -2.37. The highest BCUT2D eigenvalue weighted by Crippen LogP contribution is 2.03. The molecule has 0 aliphatic rings. The lowest BCUT2D eigenvalue weighted by Gasteiger charge is -2.15. The summed E-state index contributed by atoms with van der Waals surface area (Å²) in [5, 5.41) is 5.61. The van der Waals surface area contributed by atoms with E-state index in [0.29, 0.717) is 19.5 Å². The van der Waals surface area contributed by atoms with Crippen LogP contribution in [0.1, 0.15) is 12.5 Å². The summed E-state index contributed by atoms with van der Waals surface area (Å²) in [6.45, 7) is 3.05. The molecule has 0 fully saturated rings. The standard InChI is InChI=1S/C15H19FN4O/c1-12(10-20-8-7-17-11-20)19-15(21)18-6-5-13-3-2-4-14(16)9-13/h2-4,7-9,11-12H,5-6,10H2,1H3,(H2,18,19,21). The molecule has 0 spiro atoms. The molecular weight excluding hydrogens is 271 g/mol. The molecule has 0 saturated heterocycles. The van der Waals surface area contributed by atoms with E-state index in [4.69, 9.17) is 0 Å². The lowest BCUT2D eigenvalue weighted by molar-refractivity contribution is 0.236. The fraction of sp³-hybridized carbons (Fsp3) is 0.333. The Kier molecular flexibility index (Phi) is 5.31. The van der Waals surface area contributed by atoms with Crippen molar-refractivity contribution in [1.29, 1.82) is 0 Å². The number of aromatic nitrogens is 2. The lowest BCUT2D eigenvalue weighted by Crippen LogP contribution is -2.43. The minimum Gasteiger partial charge on any atom is -0.338 e. The molecule has 1 unspecified atom stereocenters. The van der Waals surface area contributed by atoms with Gasteiger partial charge in [-0.1, -0.05) is 12.1 Å². The predicted octanol–water partition coefficient (Wildman–Crippen LogP) is 1.95. The first-order valence-electron chi connectivity index (χ1n) is 6.88. The molecule has 1 atom stereocenters. The molecule has 1 aromatic heterocycles. The van der Waals surface area contributed by atoms with Crippen molar-refractivity contribution in [2.45, 2.75) is 25.9 Å². The normalized spacial score (nSPS) is 11.9. The largest absolute Gasteiger partial charge is 0.338 e. The van der Waals surface area contributed by atoms with Crippen molar-refractivity contribution in [3.8, 4) is 0 Å². The average molecular weight is 290 g/mol. The zero-order valence-corrected chi connectivity index (χ0v) is 11.9. The van der Waals surface area contributed by atoms with Crippen LogP contribution < -0.4 is 10.6 Å². The SMILES string of the molecule is CC(Cn1ccnc1)NC(=O)NCCc1cccc(F)c1. The number of urea groups is 1. The Morgan fingerprint density at radius 3 is 3.05 bits per heavy atom. The van der Waals surface area contributed by atoms with Crippen molar-refractivity contribution < 1.29 is 9.18 Å². The highest BCUT2D eigenvalue weighted by molar-refractivity contribution is 5.74. The maximum Gasteiger partial charge on any atom is 0.315 e. The van der Waals surface area contributed by atoms with Gasteiger partial charge in [0.1, 0.15) is 5.82 Å². The predicted molar refractivity (Wildman–Crippen MR) is 78.3 cm³/mol. The van der Waals surface area contributed by atoms with Gasteiger partial charge in [-0.15, -0.1) is 0 Å². The molecule has 112 valence electrons. The van der Waals surface area contributed by atoms with Gasteiger partial charge in [0.2, 0.25) is 0 Å². The molecule has 0 aliphatic carbocycles. The molecule has 21 heavy (non-hydrogen) atoms. The molecule has 2 N–H and O–H groups in total. The first-order valence-corrected chi connectivity index (χ1v) is 6.88. The highest BCUT2D eigenvalue weighted by Gasteiger charge is 2.07. The molecule has 1 aromatic carbocycles. The Morgan fingerprint density at radius 2 is 2.33 bits per heavy atom. The number of carbonyl (C=O) groups is 1. The van der Waals surface area contributed by atoms with Crippen LogP contribution in [0.25, 0.3) is 0 Å². The van der Waals surface area contributed by atoms with E-state index < -0.39 is 0 Å². The van der Waals surface area contributed by atoms with E-state index in [1.165, 1.54) is 12.1 Å². The van der Waals surface area contributed by atoms with Crippen LogP contribution >= 0.6 is 0 Å². The molecule has 0 aliphatic heterocycles. The monoisotopic (exact) mass is 290 g/mol. The number of imidazole rings is 1. The summed E-state index contributed by atoms with van der Waals surface area (Å²) in [6.07, 6.45) is 5.85. The van der Waals surface area contributed by atoms with Crippen molar-refractivity contribution >= 4 is 6.03 Å². The molecule has 1 heterocycles. The maximum atomic E-state index is 13.0. The van der Waals surface area contributed by atoms with Gasteiger partial charge in [-0.2, -0.15) is 0 Å². The number of hydrogen-bond donors (Lipinski definition) is 2. The van der Waals surface area contributed by atoms with Gasteiger partial charge in [-0.05, 0) is 31.0 Å². The molecule has 0 radical (unpaired) electrons. The Labute approximate surface area is 123 Å². The second-order valence-electron chi connectivity index (χ2n) is 4.94. The van der Waals surface area contributed by atoms with E-state index in [2.05, 4.69) is 15.6 Å². The van der Waals surface area contributed by atoms with Crippen LogP contribution in [0.2, 0.25) is 0 Å². The second-order valence-corrected chi connectivity index (χ2v) is 4.94. The van der Waals surface area contributed by atoms with Crippen LogP contribution in [0.4, 0.5) is 9.18 Å². The molecular formula is C15H19FN4O. The van der Waals surface area contributed by atoms with Gasteiger partial charge in [0.25, 0.3) is 0 Å². The maximum absolute atomic E-state index is 13.0. The van der Waals surface area contributed by atoms with Crippen LogP contribution in [-0.4, -0.2) is 28.2 Å². The third-order valence-corrected chi connectivity index (χ3v) is 3.01. The average Bonchev–Trinajstić information content (AvgIpc) is 2.91. The van der Waals surface area contributed by atoms with Crippen molar-refractivity contribution in [2.24, 2.45) is 0 Å². The Morgan fingerprint density at radius 1 is 1.48 bits per heavy atom. The summed E-state index contributed by atoms with van der Waals surface area (Å²) in [5.41, 5.74) is 0.863. The number of halogens is 1. The van der Waals surface area contributed by atoms with Crippen LogP contribution in [0.3, 0.4) is 0 Å². The van der Waals surface area contributed by atoms with Gasteiger partial charge in [0.05, 0.1) is 6.33 Å². The molecule has 2 aromatic rings. The van der Waals surface area contributed by atoms with E-state index in [1.807, 2.05) is 23.8 Å². The quantitative estimate of drug-likeness (QED) is 0.854. The van der Waals surface area contributed by atoms with Crippen LogP contribution in [0.5, 0.6) is 0 Å². The Bertz CT molecular complexity index is 571. The minimum atomic E-state index is -0.258. The van der Waals surface area contributed by atoms with Crippen LogP contribution in [-0.2, 0) is 13.0 Å². The van der Waals surface area contributed by atoms with E-state index in [1.54, 1.807) is 18.6 Å². The Balaban J connectivity index is 1.67. The van der Waals surface area contributed by atoms with E-state index in [9.17, 15) is 9.18 Å². The smallest absolute Gasteiger partial charge is 0.315 e. The lowest BCUT2D eigenvalue weighted by atomic mass is 10.1. The summed E-state index contributed by atoms with van der Waals surface area (Å²) in [6, 6.07) is 6.15. The van der Waals surface area contributed by atoms with Crippen molar-refractivity contribution in [3.63, 3.8) is 0 Å². The number of hydrogen-bond acceptors (Lipinski definition) is 2. The van der Waals surface area contributed by atoms with E-state index >= 15 is 0 Å². The fourth-order valence-corrected chi connectivity index (χ4v) is 2.04. The minimum absolute atomic E-state index is 0.00614. The van der Waals surface area contributed by atoms with Crippen molar-refractivity contribution in [2.75, 3.05) is 6.54 Å². The summed E-state index contributed by atoms with van der Waals surface area (Å²) >= 11 is 0. The summed E-state index contributed by atoms with van der Waals surface area (Å²) < 4.78 is 14.9. The van der Waals surface area contributed by atoms with Gasteiger partial charge in [0.15, 0.2) is 0 Å². The summed E-state index contributed by atoms with van der Waals surface area (Å²) in [4.78, 5) is 15.7. The molecule has 5 nitrogen and oxygen atoms in total. The molecule has 6 heteroatoms.